The summed E-state index contributed by atoms with van der Waals surface area (Å²) < 4.78 is 12.5. The summed E-state index contributed by atoms with van der Waals surface area (Å²) in [6.45, 7) is 2.79. The third-order valence-electron chi connectivity index (χ3n) is 3.72. The van der Waals surface area contributed by atoms with Crippen molar-refractivity contribution < 1.29 is 4.39 Å². The fraction of sp³-hybridized carbons (Fsp3) is 1.00. The van der Waals surface area contributed by atoms with Gasteiger partial charge in [-0.2, -0.15) is 0 Å². The molecule has 1 unspecified atom stereocenters. The fourth-order valence-corrected chi connectivity index (χ4v) is 2.66. The summed E-state index contributed by atoms with van der Waals surface area (Å²) in [6.07, 6.45) is 5.16. The van der Waals surface area contributed by atoms with Crippen LogP contribution in [0.4, 0.5) is 4.39 Å². The predicted molar refractivity (Wildman–Crippen MR) is 56.2 cm³/mol. The lowest BCUT2D eigenvalue weighted by molar-refractivity contribution is 0.0760. The van der Waals surface area contributed by atoms with Crippen molar-refractivity contribution in [2.24, 2.45) is 0 Å². The summed E-state index contributed by atoms with van der Waals surface area (Å²) in [5, 5.41) is 0. The summed E-state index contributed by atoms with van der Waals surface area (Å²) in [6, 6.07) is 1.32. The van der Waals surface area contributed by atoms with Gasteiger partial charge in [-0.25, -0.2) is 4.39 Å². The number of hydrogen-bond donors (Lipinski definition) is 0. The molecule has 2 fully saturated rings. The second-order valence-corrected chi connectivity index (χ2v) is 4.72. The molecule has 2 rings (SSSR count). The molecule has 3 heteroatoms. The van der Waals surface area contributed by atoms with Gasteiger partial charge in [0.1, 0.15) is 6.67 Å². The van der Waals surface area contributed by atoms with E-state index in [1.165, 1.54) is 32.2 Å². The normalized spacial score (nSPS) is 29.8. The van der Waals surface area contributed by atoms with Gasteiger partial charge in [0.2, 0.25) is 0 Å². The molecule has 1 aliphatic heterocycles. The number of rotatable bonds is 4. The van der Waals surface area contributed by atoms with Crippen molar-refractivity contribution in [3.05, 3.63) is 0 Å². The number of hydrogen-bond acceptors (Lipinski definition) is 2. The van der Waals surface area contributed by atoms with Crippen LogP contribution in [0.15, 0.2) is 0 Å². The van der Waals surface area contributed by atoms with Crippen LogP contribution in [0.1, 0.15) is 25.7 Å². The average Bonchev–Trinajstić information content (AvgIpc) is 2.48. The van der Waals surface area contributed by atoms with E-state index in [0.717, 1.165) is 6.54 Å². The van der Waals surface area contributed by atoms with E-state index in [1.807, 2.05) is 0 Å². The molecule has 14 heavy (non-hydrogen) atoms. The Morgan fingerprint density at radius 1 is 1.29 bits per heavy atom. The van der Waals surface area contributed by atoms with Crippen LogP contribution in [0.2, 0.25) is 0 Å². The largest absolute Gasteiger partial charge is 0.305 e. The molecule has 2 aliphatic rings. The van der Waals surface area contributed by atoms with Gasteiger partial charge in [0, 0.05) is 25.2 Å². The van der Waals surface area contributed by atoms with Crippen LogP contribution in [0.3, 0.4) is 0 Å². The highest BCUT2D eigenvalue weighted by molar-refractivity contribution is 4.89. The quantitative estimate of drug-likeness (QED) is 0.679. The zero-order valence-corrected chi connectivity index (χ0v) is 9.08. The fourth-order valence-electron chi connectivity index (χ4n) is 2.66. The first-order valence-corrected chi connectivity index (χ1v) is 5.81. The predicted octanol–water partition coefficient (Wildman–Crippen LogP) is 1.51. The van der Waals surface area contributed by atoms with Crippen molar-refractivity contribution in [1.82, 2.24) is 9.80 Å². The van der Waals surface area contributed by atoms with Crippen LogP contribution in [0.5, 0.6) is 0 Å². The van der Waals surface area contributed by atoms with Crippen LogP contribution in [-0.2, 0) is 0 Å². The molecule has 0 aromatic rings. The lowest BCUT2D eigenvalue weighted by atomic mass is 9.90. The van der Waals surface area contributed by atoms with Crippen LogP contribution in [0, 0.1) is 0 Å². The summed E-state index contributed by atoms with van der Waals surface area (Å²) in [4.78, 5) is 4.78. The molecular weight excluding hydrogens is 179 g/mol. The Morgan fingerprint density at radius 2 is 2.07 bits per heavy atom. The van der Waals surface area contributed by atoms with Crippen molar-refractivity contribution in [3.63, 3.8) is 0 Å². The Balaban J connectivity index is 1.88. The van der Waals surface area contributed by atoms with Gasteiger partial charge < -0.3 is 4.90 Å². The van der Waals surface area contributed by atoms with Crippen molar-refractivity contribution >= 4 is 0 Å². The van der Waals surface area contributed by atoms with Crippen molar-refractivity contribution in [1.29, 1.82) is 0 Å². The number of likely N-dealkylation sites (N-methyl/N-ethyl adjacent to an activating group) is 1. The molecule has 1 heterocycles. The molecule has 0 amide bonds. The highest BCUT2D eigenvalue weighted by Crippen LogP contribution is 2.28. The van der Waals surface area contributed by atoms with Crippen LogP contribution in [0.25, 0.3) is 0 Å². The van der Waals surface area contributed by atoms with E-state index in [-0.39, 0.29) is 6.67 Å². The minimum Gasteiger partial charge on any atom is -0.305 e. The maximum atomic E-state index is 12.5. The van der Waals surface area contributed by atoms with Gasteiger partial charge in [-0.1, -0.05) is 6.42 Å². The monoisotopic (exact) mass is 200 g/mol. The molecule has 0 aromatic heterocycles. The average molecular weight is 200 g/mol. The Kier molecular flexibility index (Phi) is 3.39. The van der Waals surface area contributed by atoms with E-state index in [1.54, 1.807) is 0 Å². The molecule has 0 N–H and O–H groups in total. The molecular formula is C11H21FN2. The number of alkyl halides is 1. The van der Waals surface area contributed by atoms with Gasteiger partial charge >= 0.3 is 0 Å². The Hall–Kier alpha value is -0.150. The molecule has 1 aliphatic carbocycles. The maximum Gasteiger partial charge on any atom is 0.102 e. The smallest absolute Gasteiger partial charge is 0.102 e. The van der Waals surface area contributed by atoms with Crippen molar-refractivity contribution in [2.75, 3.05) is 33.4 Å². The van der Waals surface area contributed by atoms with Gasteiger partial charge in [0.15, 0.2) is 0 Å². The summed E-state index contributed by atoms with van der Waals surface area (Å²) in [5.74, 6) is 0. The number of nitrogens with zero attached hydrogens (tertiary/aromatic N) is 2. The molecule has 0 bridgehead atoms. The standard InChI is InChI=1S/C11H21FN2/c1-13-7-5-11(9-13)14(8-6-12)10-3-2-4-10/h10-11H,2-9H2,1H3. The Morgan fingerprint density at radius 3 is 2.50 bits per heavy atom. The topological polar surface area (TPSA) is 6.48 Å². The molecule has 1 saturated carbocycles. The Labute approximate surface area is 86.1 Å². The first-order valence-electron chi connectivity index (χ1n) is 5.81. The molecule has 0 aromatic carbocycles. The lowest BCUT2D eigenvalue weighted by Gasteiger charge is -2.40. The van der Waals surface area contributed by atoms with E-state index in [0.29, 0.717) is 18.6 Å². The highest BCUT2D eigenvalue weighted by atomic mass is 19.1. The van der Waals surface area contributed by atoms with Gasteiger partial charge in [-0.3, -0.25) is 4.90 Å². The van der Waals surface area contributed by atoms with E-state index in [9.17, 15) is 4.39 Å². The van der Waals surface area contributed by atoms with Gasteiger partial charge in [-0.05, 0) is 32.9 Å². The summed E-state index contributed by atoms with van der Waals surface area (Å²) >= 11 is 0. The van der Waals surface area contributed by atoms with Crippen LogP contribution in [-0.4, -0.2) is 55.2 Å². The third kappa shape index (κ3) is 2.09. The van der Waals surface area contributed by atoms with Gasteiger partial charge in [-0.15, -0.1) is 0 Å². The summed E-state index contributed by atoms with van der Waals surface area (Å²) in [7, 11) is 2.16. The van der Waals surface area contributed by atoms with E-state index in [2.05, 4.69) is 16.8 Å². The van der Waals surface area contributed by atoms with Crippen molar-refractivity contribution in [2.45, 2.75) is 37.8 Å². The van der Waals surface area contributed by atoms with Crippen LogP contribution >= 0.6 is 0 Å². The molecule has 82 valence electrons. The first-order chi connectivity index (χ1) is 6.81. The van der Waals surface area contributed by atoms with Crippen LogP contribution < -0.4 is 0 Å². The maximum absolute atomic E-state index is 12.5. The molecule has 0 spiro atoms. The van der Waals surface area contributed by atoms with E-state index in [4.69, 9.17) is 0 Å². The second kappa shape index (κ2) is 4.58. The minimum atomic E-state index is -0.184. The molecule has 1 atom stereocenters. The number of halogens is 1. The zero-order valence-electron chi connectivity index (χ0n) is 9.08. The van der Waals surface area contributed by atoms with Gasteiger partial charge in [0.05, 0.1) is 0 Å². The minimum absolute atomic E-state index is 0.184. The zero-order chi connectivity index (χ0) is 9.97. The molecule has 2 nitrogen and oxygen atoms in total. The summed E-state index contributed by atoms with van der Waals surface area (Å²) in [5.41, 5.74) is 0. The third-order valence-corrected chi connectivity index (χ3v) is 3.72. The molecule has 0 radical (unpaired) electrons. The second-order valence-electron chi connectivity index (χ2n) is 4.72. The lowest BCUT2D eigenvalue weighted by Crippen LogP contribution is -2.48. The van der Waals surface area contributed by atoms with E-state index >= 15 is 0 Å². The highest BCUT2D eigenvalue weighted by Gasteiger charge is 2.33. The van der Waals surface area contributed by atoms with E-state index < -0.39 is 0 Å². The van der Waals surface area contributed by atoms with Gasteiger partial charge in [0.25, 0.3) is 0 Å². The Bertz CT molecular complexity index is 182. The SMILES string of the molecule is CN1CCC(N(CCF)C2CCC2)C1. The molecule has 1 saturated heterocycles. The first kappa shape index (κ1) is 10.4. The number of likely N-dealkylation sites (tertiary alicyclic amines) is 1. The van der Waals surface area contributed by atoms with Crippen molar-refractivity contribution in [3.8, 4) is 0 Å².